The molecule has 110 valence electrons. The zero-order valence-corrected chi connectivity index (χ0v) is 12.6. The maximum Gasteiger partial charge on any atom is 0.223 e. The van der Waals surface area contributed by atoms with Gasteiger partial charge in [-0.1, -0.05) is 30.4 Å². The molecule has 0 unspecified atom stereocenters. The Balaban J connectivity index is 1.62. The summed E-state index contributed by atoms with van der Waals surface area (Å²) in [6, 6.07) is 8.02. The number of rotatable bonds is 4. The third kappa shape index (κ3) is 3.17. The first kappa shape index (κ1) is 14.3. The number of nitrogens with one attached hydrogen (secondary N) is 1. The molecule has 2 N–H and O–H groups in total. The van der Waals surface area contributed by atoms with Crippen molar-refractivity contribution < 1.29 is 9.90 Å². The van der Waals surface area contributed by atoms with Gasteiger partial charge in [-0.15, -0.1) is 11.3 Å². The number of thiophene rings is 1. The summed E-state index contributed by atoms with van der Waals surface area (Å²) in [7, 11) is 0. The van der Waals surface area contributed by atoms with Gasteiger partial charge in [0, 0.05) is 22.7 Å². The average molecular weight is 301 g/mol. The molecule has 1 amide bonds. The lowest BCUT2D eigenvalue weighted by atomic mass is 9.93. The Labute approximate surface area is 128 Å². The van der Waals surface area contributed by atoms with Gasteiger partial charge in [-0.3, -0.25) is 4.79 Å². The standard InChI is InChI=1S/C17H19NO2S/c19-15(10-18-17(20)12-6-2-1-3-7-12)14-11-21-16-9-5-4-8-13(14)16/h1-2,4-5,8-9,11-12,15,19H,3,6-7,10H2,(H,18,20)/t12-,15-/m1/s1. The molecular formula is C17H19NO2S. The summed E-state index contributed by atoms with van der Waals surface area (Å²) in [5.41, 5.74) is 0.902. The van der Waals surface area contributed by atoms with Crippen molar-refractivity contribution in [3.63, 3.8) is 0 Å². The van der Waals surface area contributed by atoms with Gasteiger partial charge >= 0.3 is 0 Å². The molecule has 0 spiro atoms. The molecule has 1 aliphatic rings. The van der Waals surface area contributed by atoms with Crippen LogP contribution >= 0.6 is 11.3 Å². The van der Waals surface area contributed by atoms with Gasteiger partial charge in [0.25, 0.3) is 0 Å². The molecule has 0 radical (unpaired) electrons. The Morgan fingerprint density at radius 3 is 3.05 bits per heavy atom. The van der Waals surface area contributed by atoms with E-state index in [0.717, 1.165) is 34.9 Å². The predicted molar refractivity (Wildman–Crippen MR) is 86.3 cm³/mol. The van der Waals surface area contributed by atoms with E-state index in [-0.39, 0.29) is 18.4 Å². The zero-order valence-electron chi connectivity index (χ0n) is 11.8. The van der Waals surface area contributed by atoms with Gasteiger partial charge in [-0.05, 0) is 36.1 Å². The molecule has 4 heteroatoms. The molecule has 2 aromatic rings. The predicted octanol–water partition coefficient (Wildman–Crippen LogP) is 3.41. The lowest BCUT2D eigenvalue weighted by molar-refractivity contribution is -0.125. The number of fused-ring (bicyclic) bond motifs is 1. The van der Waals surface area contributed by atoms with Crippen LogP contribution in [-0.2, 0) is 4.79 Å². The Morgan fingerprint density at radius 1 is 1.38 bits per heavy atom. The normalized spacial score (nSPS) is 19.6. The number of aliphatic hydroxyl groups is 1. The first-order chi connectivity index (χ1) is 10.3. The van der Waals surface area contributed by atoms with Crippen molar-refractivity contribution in [2.45, 2.75) is 25.4 Å². The minimum absolute atomic E-state index is 0.0536. The number of allylic oxidation sites excluding steroid dienone is 2. The van der Waals surface area contributed by atoms with Crippen molar-refractivity contribution in [2.75, 3.05) is 6.54 Å². The molecule has 0 bridgehead atoms. The monoisotopic (exact) mass is 301 g/mol. The highest BCUT2D eigenvalue weighted by atomic mass is 32.1. The number of aliphatic hydroxyl groups excluding tert-OH is 1. The van der Waals surface area contributed by atoms with Crippen LogP contribution in [0.2, 0.25) is 0 Å². The fraction of sp³-hybridized carbons (Fsp3) is 0.353. The second kappa shape index (κ2) is 6.41. The fourth-order valence-electron chi connectivity index (χ4n) is 2.74. The van der Waals surface area contributed by atoms with E-state index in [2.05, 4.69) is 17.5 Å². The molecule has 0 aliphatic heterocycles. The molecule has 1 heterocycles. The molecule has 3 nitrogen and oxygen atoms in total. The van der Waals surface area contributed by atoms with Crippen LogP contribution in [0.4, 0.5) is 0 Å². The van der Waals surface area contributed by atoms with Crippen molar-refractivity contribution >= 4 is 27.3 Å². The van der Waals surface area contributed by atoms with Gasteiger partial charge in [0.15, 0.2) is 0 Å². The summed E-state index contributed by atoms with van der Waals surface area (Å²) in [5.74, 6) is 0.111. The van der Waals surface area contributed by atoms with Crippen molar-refractivity contribution in [1.82, 2.24) is 5.32 Å². The molecule has 1 aliphatic carbocycles. The first-order valence-electron chi connectivity index (χ1n) is 7.32. The number of amides is 1. The smallest absolute Gasteiger partial charge is 0.223 e. The minimum atomic E-state index is -0.649. The minimum Gasteiger partial charge on any atom is -0.387 e. The quantitative estimate of drug-likeness (QED) is 0.850. The molecule has 21 heavy (non-hydrogen) atoms. The van der Waals surface area contributed by atoms with E-state index >= 15 is 0 Å². The Bertz CT molecular complexity index is 662. The zero-order chi connectivity index (χ0) is 14.7. The molecular weight excluding hydrogens is 282 g/mol. The topological polar surface area (TPSA) is 49.3 Å². The highest BCUT2D eigenvalue weighted by Crippen LogP contribution is 2.30. The van der Waals surface area contributed by atoms with Crippen molar-refractivity contribution in [3.8, 4) is 0 Å². The van der Waals surface area contributed by atoms with Gasteiger partial charge in [0.05, 0.1) is 6.10 Å². The van der Waals surface area contributed by atoms with Crippen LogP contribution in [0, 0.1) is 5.92 Å². The summed E-state index contributed by atoms with van der Waals surface area (Å²) in [6.45, 7) is 0.278. The molecule has 1 aromatic carbocycles. The van der Waals surface area contributed by atoms with Crippen molar-refractivity contribution in [3.05, 3.63) is 47.4 Å². The van der Waals surface area contributed by atoms with Crippen molar-refractivity contribution in [1.29, 1.82) is 0 Å². The summed E-state index contributed by atoms with van der Waals surface area (Å²) < 4.78 is 1.16. The van der Waals surface area contributed by atoms with Gasteiger partial charge in [0.1, 0.15) is 0 Å². The van der Waals surface area contributed by atoms with Crippen LogP contribution in [0.3, 0.4) is 0 Å². The Morgan fingerprint density at radius 2 is 2.24 bits per heavy atom. The summed E-state index contributed by atoms with van der Waals surface area (Å²) >= 11 is 1.62. The van der Waals surface area contributed by atoms with E-state index in [9.17, 15) is 9.90 Å². The van der Waals surface area contributed by atoms with E-state index in [1.54, 1.807) is 11.3 Å². The number of hydrogen-bond donors (Lipinski definition) is 2. The van der Waals surface area contributed by atoms with E-state index in [1.165, 1.54) is 0 Å². The van der Waals surface area contributed by atoms with Crippen LogP contribution in [0.5, 0.6) is 0 Å². The summed E-state index contributed by atoms with van der Waals surface area (Å²) in [5, 5.41) is 16.3. The van der Waals surface area contributed by atoms with E-state index in [1.807, 2.05) is 29.6 Å². The molecule has 3 rings (SSSR count). The highest BCUT2D eigenvalue weighted by Gasteiger charge is 2.20. The average Bonchev–Trinajstić information content (AvgIpc) is 2.97. The third-order valence-corrected chi connectivity index (χ3v) is 4.96. The molecule has 1 aromatic heterocycles. The largest absolute Gasteiger partial charge is 0.387 e. The lowest BCUT2D eigenvalue weighted by Crippen LogP contribution is -2.34. The molecule has 0 saturated carbocycles. The number of hydrogen-bond acceptors (Lipinski definition) is 3. The van der Waals surface area contributed by atoms with Gasteiger partial charge in [-0.25, -0.2) is 0 Å². The Hall–Kier alpha value is -1.65. The molecule has 0 saturated heterocycles. The first-order valence-corrected chi connectivity index (χ1v) is 8.20. The summed E-state index contributed by atoms with van der Waals surface area (Å²) in [4.78, 5) is 12.1. The number of benzene rings is 1. The van der Waals surface area contributed by atoms with Gasteiger partial charge < -0.3 is 10.4 Å². The van der Waals surface area contributed by atoms with E-state index in [4.69, 9.17) is 0 Å². The number of carbonyl (C=O) groups is 1. The second-order valence-electron chi connectivity index (χ2n) is 5.43. The molecule has 0 fully saturated rings. The Kier molecular flexibility index (Phi) is 4.36. The van der Waals surface area contributed by atoms with Crippen LogP contribution in [-0.4, -0.2) is 17.6 Å². The lowest BCUT2D eigenvalue weighted by Gasteiger charge is -2.18. The maximum atomic E-state index is 12.1. The maximum absolute atomic E-state index is 12.1. The van der Waals surface area contributed by atoms with Crippen LogP contribution in [0.25, 0.3) is 10.1 Å². The van der Waals surface area contributed by atoms with Crippen molar-refractivity contribution in [2.24, 2.45) is 5.92 Å². The van der Waals surface area contributed by atoms with Gasteiger partial charge in [-0.2, -0.15) is 0 Å². The summed E-state index contributed by atoms with van der Waals surface area (Å²) in [6.07, 6.45) is 6.22. The highest BCUT2D eigenvalue weighted by molar-refractivity contribution is 7.17. The van der Waals surface area contributed by atoms with Crippen LogP contribution < -0.4 is 5.32 Å². The van der Waals surface area contributed by atoms with Crippen LogP contribution in [0.1, 0.15) is 30.9 Å². The SMILES string of the molecule is O=C(NC[C@@H](O)c1csc2ccccc12)[C@@H]1CC=CCC1. The van der Waals surface area contributed by atoms with E-state index < -0.39 is 6.10 Å². The second-order valence-corrected chi connectivity index (χ2v) is 6.34. The van der Waals surface area contributed by atoms with Gasteiger partial charge in [0.2, 0.25) is 5.91 Å². The molecule has 2 atom stereocenters. The number of carbonyl (C=O) groups excluding carboxylic acids is 1. The third-order valence-electron chi connectivity index (χ3n) is 3.98. The fourth-order valence-corrected chi connectivity index (χ4v) is 3.75. The van der Waals surface area contributed by atoms with E-state index in [0.29, 0.717) is 0 Å². The van der Waals surface area contributed by atoms with Crippen LogP contribution in [0.15, 0.2) is 41.8 Å².